The first-order valence-corrected chi connectivity index (χ1v) is 5.48. The molecule has 4 nitrogen and oxygen atoms in total. The van der Waals surface area contributed by atoms with E-state index in [4.69, 9.17) is 11.5 Å². The molecule has 1 aliphatic rings. The van der Waals surface area contributed by atoms with Crippen molar-refractivity contribution in [2.24, 2.45) is 0 Å². The van der Waals surface area contributed by atoms with Gasteiger partial charge in [0.1, 0.15) is 5.82 Å². The zero-order valence-corrected chi connectivity index (χ0v) is 8.95. The van der Waals surface area contributed by atoms with E-state index in [1.165, 1.54) is 25.9 Å². The summed E-state index contributed by atoms with van der Waals surface area (Å²) in [7, 11) is 0. The molecule has 1 saturated heterocycles. The first kappa shape index (κ1) is 10.2. The Balaban J connectivity index is 1.94. The van der Waals surface area contributed by atoms with Gasteiger partial charge in [-0.25, -0.2) is 4.98 Å². The normalized spacial score (nSPS) is 17.1. The quantitative estimate of drug-likeness (QED) is 0.770. The van der Waals surface area contributed by atoms with Crippen molar-refractivity contribution in [3.8, 4) is 0 Å². The lowest BCUT2D eigenvalue weighted by Gasteiger charge is -2.14. The minimum Gasteiger partial charge on any atom is -0.397 e. The molecule has 4 heteroatoms. The molecule has 1 aliphatic heterocycles. The van der Waals surface area contributed by atoms with Gasteiger partial charge in [0.2, 0.25) is 0 Å². The zero-order chi connectivity index (χ0) is 10.7. The Kier molecular flexibility index (Phi) is 3.06. The summed E-state index contributed by atoms with van der Waals surface area (Å²) >= 11 is 0. The van der Waals surface area contributed by atoms with Crippen molar-refractivity contribution in [2.45, 2.75) is 19.3 Å². The SMILES string of the molecule is Nc1cnc(N)c(CCN2CCCC2)c1. The molecular weight excluding hydrogens is 188 g/mol. The van der Waals surface area contributed by atoms with Crippen LogP contribution in [-0.4, -0.2) is 29.5 Å². The number of anilines is 2. The fraction of sp³-hybridized carbons (Fsp3) is 0.545. The van der Waals surface area contributed by atoms with Gasteiger partial charge >= 0.3 is 0 Å². The number of nitrogen functional groups attached to an aromatic ring is 2. The summed E-state index contributed by atoms with van der Waals surface area (Å²) in [5, 5.41) is 0. The predicted octanol–water partition coefficient (Wildman–Crippen LogP) is 0.884. The summed E-state index contributed by atoms with van der Waals surface area (Å²) in [5.74, 6) is 0.614. The highest BCUT2D eigenvalue weighted by molar-refractivity contribution is 5.48. The molecule has 1 fully saturated rings. The van der Waals surface area contributed by atoms with E-state index in [0.717, 1.165) is 18.5 Å². The average Bonchev–Trinajstić information content (AvgIpc) is 2.72. The number of likely N-dealkylation sites (tertiary alicyclic amines) is 1. The smallest absolute Gasteiger partial charge is 0.126 e. The van der Waals surface area contributed by atoms with Crippen LogP contribution in [-0.2, 0) is 6.42 Å². The van der Waals surface area contributed by atoms with Crippen molar-refractivity contribution in [1.29, 1.82) is 0 Å². The lowest BCUT2D eigenvalue weighted by atomic mass is 10.1. The number of hydrogen-bond acceptors (Lipinski definition) is 4. The van der Waals surface area contributed by atoms with E-state index in [1.54, 1.807) is 6.20 Å². The van der Waals surface area contributed by atoms with Crippen LogP contribution in [0.3, 0.4) is 0 Å². The molecule has 0 aromatic carbocycles. The highest BCUT2D eigenvalue weighted by Gasteiger charge is 2.11. The Bertz CT molecular complexity index is 331. The fourth-order valence-corrected chi connectivity index (χ4v) is 2.02. The Morgan fingerprint density at radius 3 is 2.73 bits per heavy atom. The van der Waals surface area contributed by atoms with E-state index in [1.807, 2.05) is 6.07 Å². The van der Waals surface area contributed by atoms with Gasteiger partial charge in [0, 0.05) is 6.54 Å². The molecule has 0 unspecified atom stereocenters. The van der Waals surface area contributed by atoms with Gasteiger partial charge in [-0.3, -0.25) is 0 Å². The first-order valence-electron chi connectivity index (χ1n) is 5.48. The van der Waals surface area contributed by atoms with E-state index in [9.17, 15) is 0 Å². The van der Waals surface area contributed by atoms with E-state index in [2.05, 4.69) is 9.88 Å². The Hall–Kier alpha value is -1.29. The first-order chi connectivity index (χ1) is 7.25. The van der Waals surface area contributed by atoms with E-state index in [0.29, 0.717) is 11.5 Å². The molecular formula is C11H18N4. The van der Waals surface area contributed by atoms with Gasteiger partial charge in [-0.05, 0) is 44.0 Å². The van der Waals surface area contributed by atoms with Crippen LogP contribution in [0.1, 0.15) is 18.4 Å². The minimum absolute atomic E-state index is 0.614. The van der Waals surface area contributed by atoms with Gasteiger partial charge < -0.3 is 16.4 Å². The summed E-state index contributed by atoms with van der Waals surface area (Å²) in [4.78, 5) is 6.52. The van der Waals surface area contributed by atoms with E-state index in [-0.39, 0.29) is 0 Å². The molecule has 0 amide bonds. The number of nitrogens with zero attached hydrogens (tertiary/aromatic N) is 2. The predicted molar refractivity (Wildman–Crippen MR) is 62.4 cm³/mol. The molecule has 82 valence electrons. The molecule has 0 radical (unpaired) electrons. The second-order valence-corrected chi connectivity index (χ2v) is 4.11. The van der Waals surface area contributed by atoms with Crippen LogP contribution in [0.4, 0.5) is 11.5 Å². The van der Waals surface area contributed by atoms with Gasteiger partial charge in [0.15, 0.2) is 0 Å². The topological polar surface area (TPSA) is 68.2 Å². The van der Waals surface area contributed by atoms with Gasteiger partial charge in [0.25, 0.3) is 0 Å². The van der Waals surface area contributed by atoms with Crippen LogP contribution in [0, 0.1) is 0 Å². The maximum Gasteiger partial charge on any atom is 0.126 e. The van der Waals surface area contributed by atoms with Crippen LogP contribution < -0.4 is 11.5 Å². The summed E-state index contributed by atoms with van der Waals surface area (Å²) in [6, 6.07) is 1.93. The zero-order valence-electron chi connectivity index (χ0n) is 8.95. The van der Waals surface area contributed by atoms with Gasteiger partial charge in [-0.1, -0.05) is 0 Å². The maximum absolute atomic E-state index is 5.79. The van der Waals surface area contributed by atoms with Crippen LogP contribution in [0.5, 0.6) is 0 Å². The number of hydrogen-bond donors (Lipinski definition) is 2. The van der Waals surface area contributed by atoms with Gasteiger partial charge in [0.05, 0.1) is 11.9 Å². The summed E-state index contributed by atoms with van der Waals surface area (Å²) in [6.45, 7) is 3.50. The van der Waals surface area contributed by atoms with E-state index >= 15 is 0 Å². The fourth-order valence-electron chi connectivity index (χ4n) is 2.02. The highest BCUT2D eigenvalue weighted by atomic mass is 15.1. The van der Waals surface area contributed by atoms with Crippen LogP contribution >= 0.6 is 0 Å². The third-order valence-corrected chi connectivity index (χ3v) is 2.92. The molecule has 4 N–H and O–H groups in total. The Morgan fingerprint density at radius 1 is 1.27 bits per heavy atom. The molecule has 0 atom stereocenters. The Morgan fingerprint density at radius 2 is 2.00 bits per heavy atom. The molecule has 0 spiro atoms. The van der Waals surface area contributed by atoms with Crippen molar-refractivity contribution in [2.75, 3.05) is 31.1 Å². The lowest BCUT2D eigenvalue weighted by molar-refractivity contribution is 0.343. The molecule has 1 aromatic heterocycles. The van der Waals surface area contributed by atoms with Crippen molar-refractivity contribution < 1.29 is 0 Å². The van der Waals surface area contributed by atoms with Gasteiger partial charge in [-0.15, -0.1) is 0 Å². The average molecular weight is 206 g/mol. The molecule has 1 aromatic rings. The summed E-state index contributed by atoms with van der Waals surface area (Å²) in [6.07, 6.45) is 5.20. The highest BCUT2D eigenvalue weighted by Crippen LogP contribution is 2.15. The summed E-state index contributed by atoms with van der Waals surface area (Å²) in [5.41, 5.74) is 13.2. The van der Waals surface area contributed by atoms with Crippen molar-refractivity contribution in [1.82, 2.24) is 9.88 Å². The molecule has 0 aliphatic carbocycles. The Labute approximate surface area is 90.3 Å². The van der Waals surface area contributed by atoms with Crippen LogP contribution in [0.15, 0.2) is 12.3 Å². The van der Waals surface area contributed by atoms with Crippen molar-refractivity contribution in [3.05, 3.63) is 17.8 Å². The number of nitrogens with two attached hydrogens (primary N) is 2. The van der Waals surface area contributed by atoms with Crippen molar-refractivity contribution >= 4 is 11.5 Å². The van der Waals surface area contributed by atoms with E-state index < -0.39 is 0 Å². The molecule has 15 heavy (non-hydrogen) atoms. The second-order valence-electron chi connectivity index (χ2n) is 4.11. The largest absolute Gasteiger partial charge is 0.397 e. The molecule has 0 bridgehead atoms. The number of rotatable bonds is 3. The molecule has 2 heterocycles. The monoisotopic (exact) mass is 206 g/mol. The van der Waals surface area contributed by atoms with Gasteiger partial charge in [-0.2, -0.15) is 0 Å². The maximum atomic E-state index is 5.79. The van der Waals surface area contributed by atoms with Crippen LogP contribution in [0.2, 0.25) is 0 Å². The third kappa shape index (κ3) is 2.59. The standard InChI is InChI=1S/C11H18N4/c12-10-7-9(11(13)14-8-10)3-6-15-4-1-2-5-15/h7-8H,1-6,12H2,(H2,13,14). The summed E-state index contributed by atoms with van der Waals surface area (Å²) < 4.78 is 0. The minimum atomic E-state index is 0.614. The molecule has 2 rings (SSSR count). The third-order valence-electron chi connectivity index (χ3n) is 2.92. The number of pyridine rings is 1. The number of aromatic nitrogens is 1. The molecule has 0 saturated carbocycles. The van der Waals surface area contributed by atoms with Crippen LogP contribution in [0.25, 0.3) is 0 Å². The second kappa shape index (κ2) is 4.49. The van der Waals surface area contributed by atoms with Crippen molar-refractivity contribution in [3.63, 3.8) is 0 Å². The lowest BCUT2D eigenvalue weighted by Crippen LogP contribution is -2.22.